The van der Waals surface area contributed by atoms with Crippen LogP contribution < -0.4 is 15.1 Å². The first-order chi connectivity index (χ1) is 19.1. The summed E-state index contributed by atoms with van der Waals surface area (Å²) in [5.74, 6) is 0.637. The monoisotopic (exact) mass is 569 g/mol. The third kappa shape index (κ3) is 5.87. The number of morpholine rings is 1. The van der Waals surface area contributed by atoms with Crippen molar-refractivity contribution >= 4 is 47.2 Å². The SMILES string of the molecule is Cl.Cn1cc(-c2cccc(NC(=O)c3cc4oc(N5CCOCC5)nc4nc3N3CCN(CCO)CC3)n2)cn1. The Morgan fingerprint density at radius 1 is 1.05 bits per heavy atom. The van der Waals surface area contributed by atoms with Crippen molar-refractivity contribution in [1.82, 2.24) is 29.6 Å². The predicted octanol–water partition coefficient (Wildman–Crippen LogP) is 1.64. The van der Waals surface area contributed by atoms with E-state index in [1.165, 1.54) is 0 Å². The number of aryl methyl sites for hydroxylation is 1. The van der Waals surface area contributed by atoms with E-state index in [0.717, 1.165) is 18.7 Å². The number of oxazole rings is 1. The van der Waals surface area contributed by atoms with Gasteiger partial charge in [-0.15, -0.1) is 12.4 Å². The minimum Gasteiger partial charge on any atom is -0.422 e. The summed E-state index contributed by atoms with van der Waals surface area (Å²) in [6.07, 6.45) is 3.60. The van der Waals surface area contributed by atoms with Gasteiger partial charge in [0.15, 0.2) is 5.58 Å². The summed E-state index contributed by atoms with van der Waals surface area (Å²) in [4.78, 5) is 34.1. The molecule has 6 heterocycles. The number of rotatable bonds is 7. The molecule has 4 aromatic rings. The van der Waals surface area contributed by atoms with Crippen LogP contribution in [0.3, 0.4) is 0 Å². The van der Waals surface area contributed by atoms with E-state index >= 15 is 0 Å². The highest BCUT2D eigenvalue weighted by molar-refractivity contribution is 6.08. The van der Waals surface area contributed by atoms with Crippen LogP contribution in [0, 0.1) is 0 Å². The Balaban J connectivity index is 0.00000323. The van der Waals surface area contributed by atoms with E-state index in [2.05, 4.69) is 30.2 Å². The van der Waals surface area contributed by atoms with Crippen LogP contribution in [0.2, 0.25) is 0 Å². The maximum atomic E-state index is 13.7. The number of aliphatic hydroxyl groups excluding tert-OH is 1. The summed E-state index contributed by atoms with van der Waals surface area (Å²) in [6.45, 7) is 6.16. The second-order valence-corrected chi connectivity index (χ2v) is 9.59. The van der Waals surface area contributed by atoms with Crippen molar-refractivity contribution in [2.45, 2.75) is 0 Å². The fourth-order valence-corrected chi connectivity index (χ4v) is 4.87. The van der Waals surface area contributed by atoms with Gasteiger partial charge in [0.05, 0.1) is 37.3 Å². The number of amides is 1. The van der Waals surface area contributed by atoms with Crippen molar-refractivity contribution in [3.63, 3.8) is 0 Å². The van der Waals surface area contributed by atoms with E-state index in [9.17, 15) is 9.90 Å². The molecule has 0 atom stereocenters. The molecular formula is C26H32ClN9O4. The van der Waals surface area contributed by atoms with Crippen LogP contribution in [-0.4, -0.2) is 106 Å². The first-order valence-electron chi connectivity index (χ1n) is 13.1. The Bertz CT molecular complexity index is 1460. The van der Waals surface area contributed by atoms with Crippen molar-refractivity contribution in [3.05, 3.63) is 42.2 Å². The Kier molecular flexibility index (Phi) is 8.45. The number of carbonyl (C=O) groups is 1. The van der Waals surface area contributed by atoms with Crippen LogP contribution in [0.4, 0.5) is 17.7 Å². The third-order valence-electron chi connectivity index (χ3n) is 6.96. The van der Waals surface area contributed by atoms with Crippen LogP contribution in [0.1, 0.15) is 10.4 Å². The number of β-amino-alcohol motifs (C(OH)–C–C–N with tert-alkyl or cyclic N) is 1. The topological polar surface area (TPSA) is 138 Å². The van der Waals surface area contributed by atoms with Crippen molar-refractivity contribution in [2.75, 3.05) is 80.8 Å². The van der Waals surface area contributed by atoms with Gasteiger partial charge >= 0.3 is 0 Å². The molecule has 0 bridgehead atoms. The molecule has 14 heteroatoms. The van der Waals surface area contributed by atoms with Gasteiger partial charge in [0.25, 0.3) is 11.9 Å². The number of carbonyl (C=O) groups excluding carboxylic acids is 1. The van der Waals surface area contributed by atoms with Crippen LogP contribution >= 0.6 is 12.4 Å². The van der Waals surface area contributed by atoms with E-state index in [4.69, 9.17) is 14.1 Å². The highest BCUT2D eigenvalue weighted by Gasteiger charge is 2.26. The van der Waals surface area contributed by atoms with Gasteiger partial charge in [0, 0.05) is 70.7 Å². The lowest BCUT2D eigenvalue weighted by Crippen LogP contribution is -2.48. The van der Waals surface area contributed by atoms with E-state index in [1.54, 1.807) is 23.0 Å². The smallest absolute Gasteiger partial charge is 0.300 e. The Morgan fingerprint density at radius 2 is 1.85 bits per heavy atom. The number of aliphatic hydroxyl groups is 1. The fraction of sp³-hybridized carbons (Fsp3) is 0.423. The molecule has 2 fully saturated rings. The van der Waals surface area contributed by atoms with Crippen molar-refractivity contribution < 1.29 is 19.1 Å². The number of piperazine rings is 1. The number of nitrogens with one attached hydrogen (secondary N) is 1. The van der Waals surface area contributed by atoms with Gasteiger partial charge in [-0.3, -0.25) is 14.4 Å². The zero-order valence-electron chi connectivity index (χ0n) is 22.2. The Labute approximate surface area is 237 Å². The van der Waals surface area contributed by atoms with Crippen LogP contribution in [0.25, 0.3) is 22.5 Å². The lowest BCUT2D eigenvalue weighted by molar-refractivity contribution is 0.102. The number of aromatic nitrogens is 5. The number of fused-ring (bicyclic) bond motifs is 1. The molecule has 0 aliphatic carbocycles. The van der Waals surface area contributed by atoms with E-state index < -0.39 is 0 Å². The van der Waals surface area contributed by atoms with Crippen molar-refractivity contribution in [3.8, 4) is 11.3 Å². The average molecular weight is 570 g/mol. The molecule has 2 N–H and O–H groups in total. The van der Waals surface area contributed by atoms with Gasteiger partial charge in [-0.05, 0) is 12.1 Å². The third-order valence-corrected chi connectivity index (χ3v) is 6.96. The van der Waals surface area contributed by atoms with Gasteiger partial charge in [-0.2, -0.15) is 10.1 Å². The molecule has 0 unspecified atom stereocenters. The zero-order chi connectivity index (χ0) is 26.8. The summed E-state index contributed by atoms with van der Waals surface area (Å²) in [6, 6.07) is 7.66. The van der Waals surface area contributed by atoms with Gasteiger partial charge < -0.3 is 29.4 Å². The average Bonchev–Trinajstić information content (AvgIpc) is 3.59. The second-order valence-electron chi connectivity index (χ2n) is 9.59. The lowest BCUT2D eigenvalue weighted by atomic mass is 10.2. The lowest BCUT2D eigenvalue weighted by Gasteiger charge is -2.35. The van der Waals surface area contributed by atoms with E-state index in [0.29, 0.717) is 86.1 Å². The largest absolute Gasteiger partial charge is 0.422 e. The molecule has 13 nitrogen and oxygen atoms in total. The molecule has 2 aliphatic rings. The van der Waals surface area contributed by atoms with Gasteiger partial charge in [-0.1, -0.05) is 6.07 Å². The van der Waals surface area contributed by atoms with Crippen LogP contribution in [0.5, 0.6) is 0 Å². The molecule has 40 heavy (non-hydrogen) atoms. The minimum atomic E-state index is -0.336. The quantitative estimate of drug-likeness (QED) is 0.336. The number of ether oxygens (including phenoxy) is 1. The van der Waals surface area contributed by atoms with Crippen molar-refractivity contribution in [1.29, 1.82) is 0 Å². The number of hydrogen-bond donors (Lipinski definition) is 2. The first kappa shape index (κ1) is 27.8. The number of nitrogens with zero attached hydrogens (tertiary/aromatic N) is 8. The molecule has 0 saturated carbocycles. The molecule has 212 valence electrons. The number of anilines is 3. The molecule has 4 aromatic heterocycles. The molecular weight excluding hydrogens is 538 g/mol. The van der Waals surface area contributed by atoms with Gasteiger partial charge in [-0.25, -0.2) is 9.97 Å². The van der Waals surface area contributed by atoms with Crippen LogP contribution in [-0.2, 0) is 11.8 Å². The van der Waals surface area contributed by atoms with Gasteiger partial charge in [0.1, 0.15) is 11.6 Å². The first-order valence-corrected chi connectivity index (χ1v) is 13.1. The predicted molar refractivity (Wildman–Crippen MR) is 152 cm³/mol. The molecule has 2 aliphatic heterocycles. The molecule has 0 spiro atoms. The Morgan fingerprint density at radius 3 is 2.58 bits per heavy atom. The molecule has 0 aromatic carbocycles. The van der Waals surface area contributed by atoms with Gasteiger partial charge in [0.2, 0.25) is 5.65 Å². The summed E-state index contributed by atoms with van der Waals surface area (Å²) < 4.78 is 13.2. The van der Waals surface area contributed by atoms with Crippen LogP contribution in [0.15, 0.2) is 41.1 Å². The highest BCUT2D eigenvalue weighted by atomic mass is 35.5. The van der Waals surface area contributed by atoms with Crippen molar-refractivity contribution in [2.24, 2.45) is 7.05 Å². The summed E-state index contributed by atoms with van der Waals surface area (Å²) in [5.41, 5.74) is 2.85. The summed E-state index contributed by atoms with van der Waals surface area (Å²) >= 11 is 0. The second kappa shape index (κ2) is 12.2. The molecule has 0 radical (unpaired) electrons. The fourth-order valence-electron chi connectivity index (χ4n) is 4.87. The Hall–Kier alpha value is -3.78. The highest BCUT2D eigenvalue weighted by Crippen LogP contribution is 2.29. The van der Waals surface area contributed by atoms with E-state index in [1.807, 2.05) is 30.3 Å². The number of pyridine rings is 2. The standard InChI is InChI=1S/C26H31N9O4.ClH/c1-32-17-18(16-27-32)20-3-2-4-22(28-20)29-25(37)19-15-21-23(31-26(39-21)35-10-13-38-14-11-35)30-24(19)34-7-5-33(6-8-34)9-12-36;/h2-4,15-17,36H,5-14H2,1H3,(H,28,29,37);1H. The normalized spacial score (nSPS) is 16.2. The zero-order valence-corrected chi connectivity index (χ0v) is 23.0. The number of halogens is 1. The molecule has 2 saturated heterocycles. The maximum Gasteiger partial charge on any atom is 0.300 e. The summed E-state index contributed by atoms with van der Waals surface area (Å²) in [5, 5.41) is 16.5. The maximum absolute atomic E-state index is 13.7. The van der Waals surface area contributed by atoms with E-state index in [-0.39, 0.29) is 24.9 Å². The summed E-state index contributed by atoms with van der Waals surface area (Å²) in [7, 11) is 1.84. The minimum absolute atomic E-state index is 0. The molecule has 6 rings (SSSR count). The number of hydrogen-bond acceptors (Lipinski definition) is 11. The molecule has 1 amide bonds.